The van der Waals surface area contributed by atoms with E-state index in [0.29, 0.717) is 18.3 Å². The predicted octanol–water partition coefficient (Wildman–Crippen LogP) is 5.60. The van der Waals surface area contributed by atoms with Crippen LogP contribution < -0.4 is 4.74 Å². The molecule has 0 radical (unpaired) electrons. The van der Waals surface area contributed by atoms with Crippen LogP contribution in [0.3, 0.4) is 0 Å². The number of benzene rings is 3. The Morgan fingerprint density at radius 3 is 2.48 bits per heavy atom. The molecule has 0 aliphatic heterocycles. The number of ether oxygens (including phenoxy) is 1. The second kappa shape index (κ2) is 7.46. The molecule has 4 rings (SSSR count). The van der Waals surface area contributed by atoms with Crippen molar-refractivity contribution in [2.75, 3.05) is 0 Å². The number of aromatic nitrogens is 2. The quantitative estimate of drug-likeness (QED) is 0.467. The topological polar surface area (TPSA) is 48.2 Å². The molecule has 0 spiro atoms. The average molecular weight is 356 g/mol. The Balaban J connectivity index is 1.52. The molecule has 0 saturated carbocycles. The number of aryl methyl sites for hydroxylation is 2. The lowest BCUT2D eigenvalue weighted by molar-refractivity contribution is 0.305. The van der Waals surface area contributed by atoms with Gasteiger partial charge in [0.05, 0.1) is 0 Å². The number of hydrogen-bond acceptors (Lipinski definition) is 4. The van der Waals surface area contributed by atoms with Crippen molar-refractivity contribution >= 4 is 0 Å². The fraction of sp³-hybridized carbons (Fsp3) is 0.130. The van der Waals surface area contributed by atoms with Gasteiger partial charge in [-0.2, -0.15) is 4.98 Å². The van der Waals surface area contributed by atoms with Crippen LogP contribution in [0.25, 0.3) is 22.8 Å². The van der Waals surface area contributed by atoms with Crippen LogP contribution in [0.4, 0.5) is 0 Å². The minimum atomic E-state index is 0.510. The first-order chi connectivity index (χ1) is 13.2. The Kier molecular flexibility index (Phi) is 4.71. The molecule has 134 valence electrons. The lowest BCUT2D eigenvalue weighted by Gasteiger charge is -2.09. The summed E-state index contributed by atoms with van der Waals surface area (Å²) in [5.41, 5.74) is 5.35. The number of nitrogens with zero attached hydrogens (tertiary/aromatic N) is 2. The Bertz CT molecular complexity index is 1050. The maximum Gasteiger partial charge on any atom is 0.258 e. The summed E-state index contributed by atoms with van der Waals surface area (Å²) in [5.74, 6) is 1.83. The van der Waals surface area contributed by atoms with E-state index in [1.807, 2.05) is 67.6 Å². The molecule has 3 aromatic carbocycles. The summed E-state index contributed by atoms with van der Waals surface area (Å²) in [6.45, 7) is 4.66. The molecule has 1 aromatic heterocycles. The fourth-order valence-corrected chi connectivity index (χ4v) is 2.81. The van der Waals surface area contributed by atoms with Crippen LogP contribution in [-0.2, 0) is 6.61 Å². The van der Waals surface area contributed by atoms with Gasteiger partial charge in [0.25, 0.3) is 5.89 Å². The maximum atomic E-state index is 5.95. The van der Waals surface area contributed by atoms with Gasteiger partial charge in [-0.15, -0.1) is 0 Å². The minimum absolute atomic E-state index is 0.510. The van der Waals surface area contributed by atoms with Crippen molar-refractivity contribution in [3.63, 3.8) is 0 Å². The number of rotatable bonds is 5. The second-order valence-electron chi connectivity index (χ2n) is 6.53. The Morgan fingerprint density at radius 2 is 1.67 bits per heavy atom. The van der Waals surface area contributed by atoms with E-state index >= 15 is 0 Å². The van der Waals surface area contributed by atoms with Crippen molar-refractivity contribution in [2.24, 2.45) is 0 Å². The van der Waals surface area contributed by atoms with Crippen molar-refractivity contribution < 1.29 is 9.26 Å². The summed E-state index contributed by atoms with van der Waals surface area (Å²) in [6.07, 6.45) is 0. The van der Waals surface area contributed by atoms with Crippen molar-refractivity contribution in [2.45, 2.75) is 20.5 Å². The first-order valence-electron chi connectivity index (χ1n) is 8.87. The third kappa shape index (κ3) is 3.90. The van der Waals surface area contributed by atoms with Gasteiger partial charge >= 0.3 is 0 Å². The Labute approximate surface area is 158 Å². The van der Waals surface area contributed by atoms with Crippen molar-refractivity contribution in [1.29, 1.82) is 0 Å². The zero-order chi connectivity index (χ0) is 18.6. The highest BCUT2D eigenvalue weighted by Crippen LogP contribution is 2.25. The molecule has 0 atom stereocenters. The first-order valence-corrected chi connectivity index (χ1v) is 8.87. The Hall–Kier alpha value is -3.40. The van der Waals surface area contributed by atoms with Crippen molar-refractivity contribution in [1.82, 2.24) is 10.1 Å². The maximum absolute atomic E-state index is 5.95. The van der Waals surface area contributed by atoms with Gasteiger partial charge in [0.2, 0.25) is 5.82 Å². The van der Waals surface area contributed by atoms with E-state index in [1.165, 1.54) is 16.7 Å². The van der Waals surface area contributed by atoms with Crippen LogP contribution in [0.5, 0.6) is 5.75 Å². The summed E-state index contributed by atoms with van der Waals surface area (Å²) in [7, 11) is 0. The third-order valence-corrected chi connectivity index (χ3v) is 4.47. The van der Waals surface area contributed by atoms with E-state index in [9.17, 15) is 0 Å². The Morgan fingerprint density at radius 1 is 0.852 bits per heavy atom. The van der Waals surface area contributed by atoms with E-state index in [1.54, 1.807) is 0 Å². The highest BCUT2D eigenvalue weighted by molar-refractivity contribution is 5.61. The van der Waals surface area contributed by atoms with Gasteiger partial charge < -0.3 is 9.26 Å². The summed E-state index contributed by atoms with van der Waals surface area (Å²) in [4.78, 5) is 4.52. The highest BCUT2D eigenvalue weighted by Gasteiger charge is 2.11. The van der Waals surface area contributed by atoms with Gasteiger partial charge in [-0.3, -0.25) is 0 Å². The molecule has 4 aromatic rings. The van der Waals surface area contributed by atoms with Crippen molar-refractivity contribution in [3.05, 3.63) is 89.5 Å². The summed E-state index contributed by atoms with van der Waals surface area (Å²) in [6, 6.07) is 24.0. The van der Waals surface area contributed by atoms with E-state index in [2.05, 4.69) is 29.2 Å². The summed E-state index contributed by atoms with van der Waals surface area (Å²) < 4.78 is 11.4. The van der Waals surface area contributed by atoms with Crippen LogP contribution in [0.2, 0.25) is 0 Å². The first kappa shape index (κ1) is 17.0. The predicted molar refractivity (Wildman–Crippen MR) is 105 cm³/mol. The van der Waals surface area contributed by atoms with Crippen LogP contribution in [0.15, 0.2) is 77.3 Å². The molecule has 0 bridgehead atoms. The lowest BCUT2D eigenvalue weighted by Crippen LogP contribution is -1.97. The molecular formula is C23H20N2O2. The molecule has 0 N–H and O–H groups in total. The van der Waals surface area contributed by atoms with Crippen LogP contribution in [0, 0.1) is 13.8 Å². The SMILES string of the molecule is Cc1ccc(-c2nc(-c3cccc(OCc4ccccc4C)c3)no2)cc1. The normalized spacial score (nSPS) is 10.7. The van der Waals surface area contributed by atoms with Crippen LogP contribution in [-0.4, -0.2) is 10.1 Å². The average Bonchev–Trinajstić information content (AvgIpc) is 3.18. The molecular weight excluding hydrogens is 336 g/mol. The van der Waals surface area contributed by atoms with E-state index < -0.39 is 0 Å². The number of hydrogen-bond donors (Lipinski definition) is 0. The van der Waals surface area contributed by atoms with Gasteiger partial charge in [0.15, 0.2) is 0 Å². The molecule has 27 heavy (non-hydrogen) atoms. The molecule has 4 heteroatoms. The van der Waals surface area contributed by atoms with Crippen molar-refractivity contribution in [3.8, 4) is 28.6 Å². The minimum Gasteiger partial charge on any atom is -0.489 e. The molecule has 0 saturated heterocycles. The van der Waals surface area contributed by atoms with E-state index in [4.69, 9.17) is 9.26 Å². The summed E-state index contributed by atoms with van der Waals surface area (Å²) >= 11 is 0. The molecule has 0 unspecified atom stereocenters. The zero-order valence-corrected chi connectivity index (χ0v) is 15.3. The molecule has 0 fully saturated rings. The zero-order valence-electron chi connectivity index (χ0n) is 15.3. The molecule has 0 aliphatic carbocycles. The molecule has 0 amide bonds. The second-order valence-corrected chi connectivity index (χ2v) is 6.53. The van der Waals surface area contributed by atoms with Crippen LogP contribution in [0.1, 0.15) is 16.7 Å². The molecule has 1 heterocycles. The molecule has 4 nitrogen and oxygen atoms in total. The van der Waals surface area contributed by atoms with Gasteiger partial charge in [-0.05, 0) is 49.2 Å². The highest BCUT2D eigenvalue weighted by atomic mass is 16.5. The summed E-state index contributed by atoms with van der Waals surface area (Å²) in [5, 5.41) is 4.12. The van der Waals surface area contributed by atoms with Gasteiger partial charge in [-0.25, -0.2) is 0 Å². The van der Waals surface area contributed by atoms with Gasteiger partial charge in [-0.1, -0.05) is 59.3 Å². The smallest absolute Gasteiger partial charge is 0.258 e. The standard InChI is InChI=1S/C23H20N2O2/c1-16-10-12-18(13-11-16)23-24-22(25-27-23)19-8-5-9-21(14-19)26-15-20-7-4-3-6-17(20)2/h3-14H,15H2,1-2H3. The lowest BCUT2D eigenvalue weighted by atomic mass is 10.1. The van der Waals surface area contributed by atoms with Gasteiger partial charge in [0.1, 0.15) is 12.4 Å². The van der Waals surface area contributed by atoms with Crippen LogP contribution >= 0.6 is 0 Å². The molecule has 0 aliphatic rings. The third-order valence-electron chi connectivity index (χ3n) is 4.47. The monoisotopic (exact) mass is 356 g/mol. The van der Waals surface area contributed by atoms with Gasteiger partial charge in [0, 0.05) is 11.1 Å². The fourth-order valence-electron chi connectivity index (χ4n) is 2.81. The van der Waals surface area contributed by atoms with E-state index in [-0.39, 0.29) is 0 Å². The van der Waals surface area contributed by atoms with E-state index in [0.717, 1.165) is 16.9 Å². The largest absolute Gasteiger partial charge is 0.489 e.